The van der Waals surface area contributed by atoms with Crippen molar-refractivity contribution in [3.05, 3.63) is 41.7 Å². The number of aryl methyl sites for hydroxylation is 1. The fraction of sp³-hybridized carbons (Fsp3) is 0.294. The van der Waals surface area contributed by atoms with Gasteiger partial charge in [0.2, 0.25) is 5.91 Å². The third-order valence-electron chi connectivity index (χ3n) is 3.42. The number of aliphatic hydroxyl groups excluding tert-OH is 1. The Morgan fingerprint density at radius 1 is 1.39 bits per heavy atom. The van der Waals surface area contributed by atoms with Crippen molar-refractivity contribution in [3.8, 4) is 0 Å². The van der Waals surface area contributed by atoms with Gasteiger partial charge < -0.3 is 19.6 Å². The standard InChI is InChI=1S/C17H19NO5/c1-3-14-12(11-6-4-5-7-15(11)23-14)8-9-16(20)18-13(10-19)17(21)22-2/h4-9,13,19H,3,10H2,1-2H3,(H,18,20)/b9-8+/t13-/m0/s1. The molecule has 2 N–H and O–H groups in total. The maximum Gasteiger partial charge on any atom is 0.330 e. The van der Waals surface area contributed by atoms with Crippen LogP contribution in [0.15, 0.2) is 34.8 Å². The second kappa shape index (κ2) is 7.60. The summed E-state index contributed by atoms with van der Waals surface area (Å²) in [6.45, 7) is 1.44. The molecule has 0 saturated heterocycles. The summed E-state index contributed by atoms with van der Waals surface area (Å²) in [6, 6.07) is 6.48. The quantitative estimate of drug-likeness (QED) is 0.625. The number of carbonyl (C=O) groups excluding carboxylic acids is 2. The van der Waals surface area contributed by atoms with E-state index >= 15 is 0 Å². The molecule has 0 aliphatic carbocycles. The second-order valence-electron chi connectivity index (χ2n) is 4.89. The van der Waals surface area contributed by atoms with E-state index in [0.717, 1.165) is 22.3 Å². The molecule has 2 rings (SSSR count). The van der Waals surface area contributed by atoms with Crippen LogP contribution in [0.2, 0.25) is 0 Å². The fourth-order valence-electron chi connectivity index (χ4n) is 2.26. The Balaban J connectivity index is 2.19. The Labute approximate surface area is 133 Å². The van der Waals surface area contributed by atoms with Crippen molar-refractivity contribution in [2.45, 2.75) is 19.4 Å². The molecule has 2 aromatic rings. The second-order valence-corrected chi connectivity index (χ2v) is 4.89. The molecule has 6 heteroatoms. The van der Waals surface area contributed by atoms with Gasteiger partial charge in [-0.1, -0.05) is 25.1 Å². The van der Waals surface area contributed by atoms with E-state index in [9.17, 15) is 9.59 Å². The van der Waals surface area contributed by atoms with Crippen molar-refractivity contribution in [1.29, 1.82) is 0 Å². The van der Waals surface area contributed by atoms with Crippen molar-refractivity contribution in [2.75, 3.05) is 13.7 Å². The van der Waals surface area contributed by atoms with Crippen LogP contribution in [0.25, 0.3) is 17.0 Å². The normalized spacial score (nSPS) is 12.5. The van der Waals surface area contributed by atoms with Crippen molar-refractivity contribution >= 4 is 28.9 Å². The van der Waals surface area contributed by atoms with Crippen LogP contribution in [0.1, 0.15) is 18.2 Å². The molecule has 1 amide bonds. The van der Waals surface area contributed by atoms with E-state index in [0.29, 0.717) is 6.42 Å². The Kier molecular flexibility index (Phi) is 5.54. The minimum absolute atomic E-state index is 0.498. The molecule has 0 saturated carbocycles. The highest BCUT2D eigenvalue weighted by Gasteiger charge is 2.19. The Bertz CT molecular complexity index is 732. The Morgan fingerprint density at radius 2 is 2.13 bits per heavy atom. The number of esters is 1. The average molecular weight is 317 g/mol. The summed E-state index contributed by atoms with van der Waals surface area (Å²) in [7, 11) is 1.19. The highest BCUT2D eigenvalue weighted by molar-refractivity contribution is 5.97. The molecule has 0 spiro atoms. The van der Waals surface area contributed by atoms with Crippen molar-refractivity contribution < 1.29 is 23.8 Å². The zero-order chi connectivity index (χ0) is 16.8. The van der Waals surface area contributed by atoms with Gasteiger partial charge in [-0.05, 0) is 12.1 Å². The third kappa shape index (κ3) is 3.78. The number of hydrogen-bond acceptors (Lipinski definition) is 5. The van der Waals surface area contributed by atoms with E-state index in [1.54, 1.807) is 6.08 Å². The van der Waals surface area contributed by atoms with Crippen LogP contribution >= 0.6 is 0 Å². The number of nitrogens with one attached hydrogen (secondary N) is 1. The molecule has 1 heterocycles. The summed E-state index contributed by atoms with van der Waals surface area (Å²) in [6.07, 6.45) is 3.64. The summed E-state index contributed by atoms with van der Waals surface area (Å²) >= 11 is 0. The van der Waals surface area contributed by atoms with Gasteiger partial charge in [-0.3, -0.25) is 4.79 Å². The molecule has 23 heavy (non-hydrogen) atoms. The number of fused-ring (bicyclic) bond motifs is 1. The first-order chi connectivity index (χ1) is 11.1. The Hall–Kier alpha value is -2.60. The molecular weight excluding hydrogens is 298 g/mol. The summed E-state index contributed by atoms with van der Waals surface area (Å²) in [5.74, 6) is -0.416. The minimum Gasteiger partial charge on any atom is -0.467 e. The monoisotopic (exact) mass is 317 g/mol. The van der Waals surface area contributed by atoms with Crippen LogP contribution in [0.5, 0.6) is 0 Å². The number of amides is 1. The van der Waals surface area contributed by atoms with E-state index in [-0.39, 0.29) is 0 Å². The molecule has 122 valence electrons. The van der Waals surface area contributed by atoms with Gasteiger partial charge in [0.25, 0.3) is 0 Å². The molecule has 1 atom stereocenters. The summed E-state index contributed by atoms with van der Waals surface area (Å²) < 4.78 is 10.2. The van der Waals surface area contributed by atoms with Gasteiger partial charge in [-0.15, -0.1) is 0 Å². The van der Waals surface area contributed by atoms with Gasteiger partial charge in [0.05, 0.1) is 13.7 Å². The number of hydrogen-bond donors (Lipinski definition) is 2. The molecule has 0 aliphatic rings. The first-order valence-electron chi connectivity index (χ1n) is 7.28. The number of rotatable bonds is 6. The summed E-state index contributed by atoms with van der Waals surface area (Å²) in [5.41, 5.74) is 1.59. The van der Waals surface area contributed by atoms with Crippen molar-refractivity contribution in [2.24, 2.45) is 0 Å². The van der Waals surface area contributed by atoms with Gasteiger partial charge in [-0.2, -0.15) is 0 Å². The molecule has 0 aliphatic heterocycles. The number of benzene rings is 1. The lowest BCUT2D eigenvalue weighted by Gasteiger charge is -2.11. The lowest BCUT2D eigenvalue weighted by molar-refractivity contribution is -0.145. The van der Waals surface area contributed by atoms with E-state index in [1.165, 1.54) is 13.2 Å². The van der Waals surface area contributed by atoms with Crippen LogP contribution in [-0.2, 0) is 20.7 Å². The van der Waals surface area contributed by atoms with Gasteiger partial charge in [-0.25, -0.2) is 4.79 Å². The molecule has 0 fully saturated rings. The largest absolute Gasteiger partial charge is 0.467 e. The predicted molar refractivity (Wildman–Crippen MR) is 85.7 cm³/mol. The number of carbonyl (C=O) groups is 2. The SMILES string of the molecule is CCc1oc2ccccc2c1/C=C/C(=O)N[C@@H](CO)C(=O)OC. The van der Waals surface area contributed by atoms with Gasteiger partial charge in [0.15, 0.2) is 6.04 Å². The smallest absolute Gasteiger partial charge is 0.330 e. The third-order valence-corrected chi connectivity index (χ3v) is 3.42. The zero-order valence-electron chi connectivity index (χ0n) is 13.0. The van der Waals surface area contributed by atoms with Crippen LogP contribution in [-0.4, -0.2) is 36.7 Å². The summed E-state index contributed by atoms with van der Waals surface area (Å²) in [4.78, 5) is 23.3. The van der Waals surface area contributed by atoms with Crippen molar-refractivity contribution in [3.63, 3.8) is 0 Å². The number of aliphatic hydroxyl groups is 1. The topological polar surface area (TPSA) is 88.8 Å². The zero-order valence-corrected chi connectivity index (χ0v) is 13.0. The molecular formula is C17H19NO5. The van der Waals surface area contributed by atoms with E-state index in [4.69, 9.17) is 9.52 Å². The molecule has 0 radical (unpaired) electrons. The van der Waals surface area contributed by atoms with E-state index in [1.807, 2.05) is 31.2 Å². The van der Waals surface area contributed by atoms with E-state index in [2.05, 4.69) is 10.1 Å². The molecule has 0 bridgehead atoms. The van der Waals surface area contributed by atoms with Gasteiger partial charge >= 0.3 is 5.97 Å². The number of para-hydroxylation sites is 1. The van der Waals surface area contributed by atoms with Crippen LogP contribution in [0.4, 0.5) is 0 Å². The van der Waals surface area contributed by atoms with Crippen LogP contribution < -0.4 is 5.32 Å². The summed E-state index contributed by atoms with van der Waals surface area (Å²) in [5, 5.41) is 12.4. The lowest BCUT2D eigenvalue weighted by Crippen LogP contribution is -2.43. The van der Waals surface area contributed by atoms with E-state index < -0.39 is 24.5 Å². The van der Waals surface area contributed by atoms with Crippen molar-refractivity contribution in [1.82, 2.24) is 5.32 Å². The Morgan fingerprint density at radius 3 is 2.78 bits per heavy atom. The molecule has 6 nitrogen and oxygen atoms in total. The molecule has 1 aromatic heterocycles. The molecule has 1 aromatic carbocycles. The highest BCUT2D eigenvalue weighted by atomic mass is 16.5. The number of methoxy groups -OCH3 is 1. The lowest BCUT2D eigenvalue weighted by atomic mass is 10.1. The van der Waals surface area contributed by atoms with Gasteiger partial charge in [0, 0.05) is 23.4 Å². The number of ether oxygens (including phenoxy) is 1. The predicted octanol–water partition coefficient (Wildman–Crippen LogP) is 1.66. The first-order valence-corrected chi connectivity index (χ1v) is 7.28. The fourth-order valence-corrected chi connectivity index (χ4v) is 2.26. The van der Waals surface area contributed by atoms with Crippen LogP contribution in [0, 0.1) is 0 Å². The molecule has 0 unspecified atom stereocenters. The van der Waals surface area contributed by atoms with Gasteiger partial charge in [0.1, 0.15) is 11.3 Å². The maximum absolute atomic E-state index is 11.9. The number of furan rings is 1. The first kappa shape index (κ1) is 16.8. The maximum atomic E-state index is 11.9. The minimum atomic E-state index is -1.08. The highest BCUT2D eigenvalue weighted by Crippen LogP contribution is 2.27. The average Bonchev–Trinajstić information content (AvgIpc) is 2.94. The van der Waals surface area contributed by atoms with Crippen LogP contribution in [0.3, 0.4) is 0 Å².